The fraction of sp³-hybridized carbons (Fsp3) is 0.214. The number of amides is 1. The Hall–Kier alpha value is -2.67. The molecule has 7 nitrogen and oxygen atoms in total. The number of carbonyl (C=O) groups is 1. The summed E-state index contributed by atoms with van der Waals surface area (Å²) in [6.45, 7) is 1.15. The lowest BCUT2D eigenvalue weighted by Crippen LogP contribution is -2.12. The van der Waals surface area contributed by atoms with Crippen molar-refractivity contribution >= 4 is 22.9 Å². The fourth-order valence-corrected chi connectivity index (χ4v) is 1.98. The third-order valence-corrected chi connectivity index (χ3v) is 3.04. The quantitative estimate of drug-likeness (QED) is 0.746. The minimum Gasteiger partial charge on any atom is -0.383 e. The van der Waals surface area contributed by atoms with Crippen LogP contribution >= 0.6 is 0 Å². The van der Waals surface area contributed by atoms with Gasteiger partial charge in [-0.1, -0.05) is 12.1 Å². The Morgan fingerprint density at radius 3 is 3.10 bits per heavy atom. The summed E-state index contributed by atoms with van der Waals surface area (Å²) >= 11 is 0. The maximum Gasteiger partial charge on any atom is 0.261 e. The number of nitrogens with zero attached hydrogens (tertiary/aromatic N) is 3. The second-order valence-electron chi connectivity index (χ2n) is 4.54. The first-order valence-electron chi connectivity index (χ1n) is 6.54. The van der Waals surface area contributed by atoms with E-state index in [2.05, 4.69) is 20.4 Å². The molecule has 0 radical (unpaired) electrons. The van der Waals surface area contributed by atoms with Crippen molar-refractivity contribution in [3.8, 4) is 0 Å². The summed E-state index contributed by atoms with van der Waals surface area (Å²) in [6, 6.07) is 7.59. The normalized spacial score (nSPS) is 10.9. The highest BCUT2D eigenvalue weighted by Crippen LogP contribution is 2.14. The second kappa shape index (κ2) is 5.76. The number of rotatable bonds is 5. The van der Waals surface area contributed by atoms with Gasteiger partial charge in [-0.15, -0.1) is 0 Å². The molecule has 2 heterocycles. The topological polar surface area (TPSA) is 84.8 Å². The molecule has 108 valence electrons. The zero-order valence-corrected chi connectivity index (χ0v) is 11.5. The first-order chi connectivity index (χ1) is 10.3. The summed E-state index contributed by atoms with van der Waals surface area (Å²) in [4.78, 5) is 19.5. The predicted molar refractivity (Wildman–Crippen MR) is 78.1 cm³/mol. The molecule has 0 saturated carbocycles. The van der Waals surface area contributed by atoms with Gasteiger partial charge in [0, 0.05) is 13.3 Å². The van der Waals surface area contributed by atoms with Crippen molar-refractivity contribution in [3.63, 3.8) is 0 Å². The minimum absolute atomic E-state index is 0.252. The first-order valence-corrected chi connectivity index (χ1v) is 6.54. The zero-order valence-electron chi connectivity index (χ0n) is 11.5. The van der Waals surface area contributed by atoms with Gasteiger partial charge >= 0.3 is 0 Å². The Kier molecular flexibility index (Phi) is 3.65. The van der Waals surface area contributed by atoms with Crippen LogP contribution in [0.2, 0.25) is 0 Å². The third kappa shape index (κ3) is 2.92. The van der Waals surface area contributed by atoms with Gasteiger partial charge in [-0.3, -0.25) is 14.8 Å². The van der Waals surface area contributed by atoms with Crippen LogP contribution in [0.15, 0.2) is 36.7 Å². The van der Waals surface area contributed by atoms with Crippen LogP contribution in [0.4, 0.5) is 5.95 Å². The van der Waals surface area contributed by atoms with E-state index in [4.69, 9.17) is 4.74 Å². The van der Waals surface area contributed by atoms with Gasteiger partial charge in [0.25, 0.3) is 5.91 Å². The van der Waals surface area contributed by atoms with Crippen LogP contribution in [0.1, 0.15) is 10.4 Å². The number of methoxy groups -OCH3 is 1. The van der Waals surface area contributed by atoms with Crippen molar-refractivity contribution in [2.75, 3.05) is 19.0 Å². The molecule has 0 aliphatic heterocycles. The monoisotopic (exact) mass is 285 g/mol. The number of carbonyl (C=O) groups excluding carboxylic acids is 1. The van der Waals surface area contributed by atoms with Crippen molar-refractivity contribution in [2.45, 2.75) is 6.54 Å². The maximum atomic E-state index is 12.1. The Morgan fingerprint density at radius 2 is 2.29 bits per heavy atom. The number of aromatic nitrogens is 4. The van der Waals surface area contributed by atoms with Crippen molar-refractivity contribution in [2.24, 2.45) is 0 Å². The summed E-state index contributed by atoms with van der Waals surface area (Å²) < 4.78 is 6.63. The van der Waals surface area contributed by atoms with Crippen LogP contribution in [0.3, 0.4) is 0 Å². The lowest BCUT2D eigenvalue weighted by molar-refractivity contribution is 0.102. The summed E-state index contributed by atoms with van der Waals surface area (Å²) in [5, 5.41) is 6.83. The van der Waals surface area contributed by atoms with Crippen molar-refractivity contribution in [3.05, 3.63) is 42.2 Å². The van der Waals surface area contributed by atoms with E-state index in [9.17, 15) is 4.79 Å². The van der Waals surface area contributed by atoms with Gasteiger partial charge in [-0.05, 0) is 12.1 Å². The number of hydrogen-bond donors (Lipinski definition) is 2. The highest BCUT2D eigenvalue weighted by atomic mass is 16.5. The lowest BCUT2D eigenvalue weighted by Gasteiger charge is -1.99. The second-order valence-corrected chi connectivity index (χ2v) is 4.54. The maximum absolute atomic E-state index is 12.1. The average Bonchev–Trinajstić information content (AvgIpc) is 3.11. The predicted octanol–water partition coefficient (Wildman–Crippen LogP) is 1.66. The van der Waals surface area contributed by atoms with Gasteiger partial charge in [-0.25, -0.2) is 4.98 Å². The molecule has 0 aliphatic rings. The number of ether oxygens (including phenoxy) is 1. The number of H-pyrrole nitrogens is 1. The molecule has 0 spiro atoms. The van der Waals surface area contributed by atoms with E-state index in [1.165, 1.54) is 6.20 Å². The lowest BCUT2D eigenvalue weighted by atomic mass is 10.3. The van der Waals surface area contributed by atoms with E-state index >= 15 is 0 Å². The van der Waals surface area contributed by atoms with Crippen molar-refractivity contribution < 1.29 is 9.53 Å². The summed E-state index contributed by atoms with van der Waals surface area (Å²) in [5.41, 5.74) is 2.17. The number of nitrogens with one attached hydrogen (secondary N) is 2. The molecule has 0 atom stereocenters. The number of benzene rings is 1. The Balaban J connectivity index is 1.71. The van der Waals surface area contributed by atoms with Crippen LogP contribution in [0.25, 0.3) is 11.0 Å². The number of aromatic amines is 1. The zero-order chi connectivity index (χ0) is 14.7. The van der Waals surface area contributed by atoms with Crippen molar-refractivity contribution in [1.82, 2.24) is 19.7 Å². The first kappa shape index (κ1) is 13.3. The average molecular weight is 285 g/mol. The number of para-hydroxylation sites is 2. The van der Waals surface area contributed by atoms with Gasteiger partial charge in [0.05, 0.1) is 35.9 Å². The molecule has 1 aromatic carbocycles. The van der Waals surface area contributed by atoms with E-state index in [0.29, 0.717) is 24.7 Å². The summed E-state index contributed by atoms with van der Waals surface area (Å²) in [6.07, 6.45) is 3.20. The van der Waals surface area contributed by atoms with Gasteiger partial charge in [0.2, 0.25) is 5.95 Å². The largest absolute Gasteiger partial charge is 0.383 e. The van der Waals surface area contributed by atoms with E-state index in [-0.39, 0.29) is 5.91 Å². The van der Waals surface area contributed by atoms with Crippen LogP contribution in [-0.2, 0) is 11.3 Å². The molecule has 3 aromatic rings. The van der Waals surface area contributed by atoms with E-state index in [0.717, 1.165) is 11.0 Å². The number of hydrogen-bond acceptors (Lipinski definition) is 4. The highest BCUT2D eigenvalue weighted by molar-refractivity contribution is 6.03. The van der Waals surface area contributed by atoms with Gasteiger partial charge in [0.1, 0.15) is 0 Å². The SMILES string of the molecule is COCCn1cc(C(=O)Nc2nc3ccccc3[nH]2)cn1. The minimum atomic E-state index is -0.252. The Morgan fingerprint density at radius 1 is 1.43 bits per heavy atom. The van der Waals surface area contributed by atoms with Crippen LogP contribution in [0.5, 0.6) is 0 Å². The standard InChI is InChI=1S/C14H15N5O2/c1-21-7-6-19-9-10(8-15-19)13(20)18-14-16-11-4-2-3-5-12(11)17-14/h2-5,8-9H,6-7H2,1H3,(H2,16,17,18,20). The third-order valence-electron chi connectivity index (χ3n) is 3.04. The van der Waals surface area contributed by atoms with Gasteiger partial charge in [-0.2, -0.15) is 5.10 Å². The highest BCUT2D eigenvalue weighted by Gasteiger charge is 2.11. The molecule has 1 amide bonds. The number of fused-ring (bicyclic) bond motifs is 1. The summed E-state index contributed by atoms with van der Waals surface area (Å²) in [7, 11) is 1.62. The molecule has 0 saturated heterocycles. The Labute approximate surface area is 120 Å². The fourth-order valence-electron chi connectivity index (χ4n) is 1.98. The van der Waals surface area contributed by atoms with Gasteiger partial charge in [0.15, 0.2) is 0 Å². The molecule has 0 bridgehead atoms. The number of imidazole rings is 1. The van der Waals surface area contributed by atoms with Gasteiger partial charge < -0.3 is 9.72 Å². The molecule has 0 fully saturated rings. The molecule has 2 aromatic heterocycles. The molecule has 21 heavy (non-hydrogen) atoms. The molecule has 0 aliphatic carbocycles. The smallest absolute Gasteiger partial charge is 0.261 e. The van der Waals surface area contributed by atoms with E-state index in [1.807, 2.05) is 24.3 Å². The van der Waals surface area contributed by atoms with Crippen LogP contribution < -0.4 is 5.32 Å². The molecule has 7 heteroatoms. The summed E-state index contributed by atoms with van der Waals surface area (Å²) in [5.74, 6) is 0.170. The number of anilines is 1. The van der Waals surface area contributed by atoms with Crippen LogP contribution in [0, 0.1) is 0 Å². The Bertz CT molecular complexity index is 728. The van der Waals surface area contributed by atoms with Crippen molar-refractivity contribution in [1.29, 1.82) is 0 Å². The van der Waals surface area contributed by atoms with E-state index in [1.54, 1.807) is 18.0 Å². The van der Waals surface area contributed by atoms with Crippen LogP contribution in [-0.4, -0.2) is 39.4 Å². The molecular formula is C14H15N5O2. The van der Waals surface area contributed by atoms with E-state index < -0.39 is 0 Å². The molecule has 3 rings (SSSR count). The molecule has 2 N–H and O–H groups in total. The molecular weight excluding hydrogens is 270 g/mol. The molecule has 0 unspecified atom stereocenters.